The molecule has 0 rings (SSSR count). The fourth-order valence-electron chi connectivity index (χ4n) is 3.30. The van der Waals surface area contributed by atoms with E-state index in [0.717, 1.165) is 12.7 Å². The van der Waals surface area contributed by atoms with Gasteiger partial charge in [0.1, 0.15) is 36.9 Å². The number of carbonyl (C=O) groups excluding carboxylic acids is 1. The Balaban J connectivity index is 6.05. The van der Waals surface area contributed by atoms with E-state index in [0.29, 0.717) is 17.8 Å². The fourth-order valence-corrected chi connectivity index (χ4v) is 3.42. The maximum Gasteiger partial charge on any atom is 0.222 e. The van der Waals surface area contributed by atoms with Gasteiger partial charge in [0.25, 0.3) is 0 Å². The van der Waals surface area contributed by atoms with Crippen LogP contribution in [-0.4, -0.2) is 55.2 Å². The normalized spacial score (nSPS) is 16.1. The van der Waals surface area contributed by atoms with E-state index >= 15 is 0 Å². The van der Waals surface area contributed by atoms with Gasteiger partial charge in [0.05, 0.1) is 19.7 Å². The van der Waals surface area contributed by atoms with Gasteiger partial charge in [0.15, 0.2) is 0 Å². The number of rotatable bonds is 19. The second-order valence-electron chi connectivity index (χ2n) is 8.07. The molecule has 0 radical (unpaired) electrons. The van der Waals surface area contributed by atoms with Crippen LogP contribution in [0.25, 0.3) is 0 Å². The molecule has 0 aliphatic heterocycles. The zero-order valence-electron chi connectivity index (χ0n) is 21.7. The Labute approximate surface area is 223 Å². The molecule has 0 aliphatic rings. The number of nitrogens with two attached hydrogens (primary N) is 3. The summed E-state index contributed by atoms with van der Waals surface area (Å²) in [7, 11) is 1.49. The highest BCUT2D eigenvalue weighted by Gasteiger charge is 2.21. The van der Waals surface area contributed by atoms with Crippen LogP contribution in [0.5, 0.6) is 0 Å². The zero-order valence-corrected chi connectivity index (χ0v) is 22.4. The van der Waals surface area contributed by atoms with Gasteiger partial charge in [-0.1, -0.05) is 24.9 Å². The van der Waals surface area contributed by atoms with Crippen molar-refractivity contribution in [2.45, 2.75) is 45.4 Å². The van der Waals surface area contributed by atoms with Gasteiger partial charge in [-0.2, -0.15) is 0 Å². The third-order valence-corrected chi connectivity index (χ3v) is 5.14. The standard InChI is InChI=1S/C25H41ClF2N6O3/c1-4-6-20(25(31)36)15-34(17-29)24(16-35)33-23(32-10-5-7-22(37-3)8-9-26)13-19(11-18(2)28)12-21(30)14-27/h5,7-12,16,18,20,23,32-33,35H,4,6,13-15,17,29-30H2,1-3H3,(H2,31,36)/b9-8+,10-5+,19-11+,21-12+,22-7+,24-16-. The minimum absolute atomic E-state index is 0.0287. The van der Waals surface area contributed by atoms with Gasteiger partial charge < -0.3 is 42.6 Å². The summed E-state index contributed by atoms with van der Waals surface area (Å²) >= 11 is 5.58. The molecule has 9 N–H and O–H groups in total. The number of aliphatic hydroxyl groups excluding tert-OH is 1. The van der Waals surface area contributed by atoms with Gasteiger partial charge in [0, 0.05) is 24.2 Å². The van der Waals surface area contributed by atoms with Crippen molar-refractivity contribution < 1.29 is 23.4 Å². The molecule has 0 saturated carbocycles. The zero-order chi connectivity index (χ0) is 28.2. The Hall–Kier alpha value is -3.18. The Morgan fingerprint density at radius 2 is 2.03 bits per heavy atom. The molecule has 37 heavy (non-hydrogen) atoms. The number of carbonyl (C=O) groups is 1. The number of nitrogens with one attached hydrogen (secondary N) is 2. The van der Waals surface area contributed by atoms with Crippen molar-refractivity contribution >= 4 is 17.5 Å². The van der Waals surface area contributed by atoms with Gasteiger partial charge in [-0.3, -0.25) is 4.79 Å². The molecule has 0 heterocycles. The smallest absolute Gasteiger partial charge is 0.222 e. The highest BCUT2D eigenvalue weighted by Crippen LogP contribution is 2.15. The summed E-state index contributed by atoms with van der Waals surface area (Å²) in [5, 5.41) is 16.2. The number of amides is 1. The quantitative estimate of drug-likeness (QED) is 0.0820. The fraction of sp³-hybridized carbons (Fsp3) is 0.480. The number of methoxy groups -OCH3 is 1. The maximum absolute atomic E-state index is 13.8. The summed E-state index contributed by atoms with van der Waals surface area (Å²) in [6.07, 6.45) is 9.35. The van der Waals surface area contributed by atoms with Crippen LogP contribution in [0.4, 0.5) is 8.78 Å². The SMILES string of the molecule is CCCC(CN(CN)/C(=C\O)NC(CC(=C/C(C)F)/C=C(/N)CF)N/C=C/C=C(\C=C\Cl)OC)C(N)=O. The highest BCUT2D eigenvalue weighted by molar-refractivity contribution is 6.25. The molecule has 3 atom stereocenters. The van der Waals surface area contributed by atoms with Crippen molar-refractivity contribution in [2.75, 3.05) is 27.0 Å². The summed E-state index contributed by atoms with van der Waals surface area (Å²) in [6, 6.07) is 0. The predicted molar refractivity (Wildman–Crippen MR) is 145 cm³/mol. The van der Waals surface area contributed by atoms with Crippen LogP contribution < -0.4 is 27.8 Å². The molecule has 0 aromatic heterocycles. The van der Waals surface area contributed by atoms with Crippen molar-refractivity contribution in [2.24, 2.45) is 23.1 Å². The molecule has 1 amide bonds. The third-order valence-electron chi connectivity index (χ3n) is 5.01. The molecule has 9 nitrogen and oxygen atoms in total. The number of nitrogens with zero attached hydrogens (tertiary/aromatic N) is 1. The highest BCUT2D eigenvalue weighted by atomic mass is 35.5. The molecule has 3 unspecified atom stereocenters. The van der Waals surface area contributed by atoms with Gasteiger partial charge in [-0.15, -0.1) is 0 Å². The number of aliphatic hydroxyl groups is 1. The van der Waals surface area contributed by atoms with E-state index < -0.39 is 30.8 Å². The summed E-state index contributed by atoms with van der Waals surface area (Å²) < 4.78 is 32.0. The van der Waals surface area contributed by atoms with Gasteiger partial charge in [-0.05, 0) is 55.5 Å². The number of halogens is 3. The average Bonchev–Trinajstić information content (AvgIpc) is 2.86. The van der Waals surface area contributed by atoms with E-state index in [9.17, 15) is 18.7 Å². The second kappa shape index (κ2) is 19.9. The van der Waals surface area contributed by atoms with Crippen molar-refractivity contribution in [3.05, 3.63) is 71.2 Å². The molecule has 0 aromatic carbocycles. The Bertz CT molecular complexity index is 859. The monoisotopic (exact) mass is 546 g/mol. The molecule has 0 fully saturated rings. The minimum Gasteiger partial charge on any atom is -0.512 e. The van der Waals surface area contributed by atoms with Crippen LogP contribution in [0.1, 0.15) is 33.1 Å². The summed E-state index contributed by atoms with van der Waals surface area (Å²) in [5.74, 6) is -0.277. The minimum atomic E-state index is -1.32. The molecule has 0 saturated heterocycles. The lowest BCUT2D eigenvalue weighted by molar-refractivity contribution is -0.122. The molecule has 12 heteroatoms. The lowest BCUT2D eigenvalue weighted by atomic mass is 10.0. The first-order valence-electron chi connectivity index (χ1n) is 11.8. The topological polar surface area (TPSA) is 152 Å². The number of ether oxygens (including phenoxy) is 1. The number of allylic oxidation sites excluding steroid dienone is 6. The van der Waals surface area contributed by atoms with Crippen LogP contribution in [0.15, 0.2) is 71.2 Å². The van der Waals surface area contributed by atoms with Crippen LogP contribution in [-0.2, 0) is 9.53 Å². The molecule has 0 aliphatic carbocycles. The molecule has 0 spiro atoms. The van der Waals surface area contributed by atoms with E-state index in [1.54, 1.807) is 29.3 Å². The van der Waals surface area contributed by atoms with E-state index in [2.05, 4.69) is 10.6 Å². The summed E-state index contributed by atoms with van der Waals surface area (Å²) in [6.45, 7) is 2.52. The molecular formula is C25H41ClF2N6O3. The molecular weight excluding hydrogens is 506 g/mol. The Kier molecular flexibility index (Phi) is 18.2. The molecule has 0 aromatic rings. The van der Waals surface area contributed by atoms with Crippen LogP contribution >= 0.6 is 11.6 Å². The number of hydrogen-bond donors (Lipinski definition) is 6. The first-order chi connectivity index (χ1) is 17.6. The Morgan fingerprint density at radius 1 is 1.32 bits per heavy atom. The lowest BCUT2D eigenvalue weighted by Gasteiger charge is -2.32. The predicted octanol–water partition coefficient (Wildman–Crippen LogP) is 3.25. The van der Waals surface area contributed by atoms with Gasteiger partial charge in [0.2, 0.25) is 5.91 Å². The lowest BCUT2D eigenvalue weighted by Crippen LogP contribution is -2.47. The van der Waals surface area contributed by atoms with Crippen LogP contribution in [0, 0.1) is 5.92 Å². The van der Waals surface area contributed by atoms with Gasteiger partial charge >= 0.3 is 0 Å². The first-order valence-corrected chi connectivity index (χ1v) is 12.2. The van der Waals surface area contributed by atoms with E-state index in [4.69, 9.17) is 33.5 Å². The Morgan fingerprint density at radius 3 is 2.51 bits per heavy atom. The largest absolute Gasteiger partial charge is 0.512 e. The third kappa shape index (κ3) is 14.8. The number of hydrogen-bond acceptors (Lipinski definition) is 8. The van der Waals surface area contributed by atoms with Crippen molar-refractivity contribution in [1.82, 2.24) is 15.5 Å². The van der Waals surface area contributed by atoms with E-state index in [1.165, 1.54) is 31.7 Å². The maximum atomic E-state index is 13.8. The summed E-state index contributed by atoms with van der Waals surface area (Å²) in [5.41, 5.74) is 18.7. The van der Waals surface area contributed by atoms with Crippen molar-refractivity contribution in [3.8, 4) is 0 Å². The number of alkyl halides is 2. The van der Waals surface area contributed by atoms with Crippen LogP contribution in [0.3, 0.4) is 0 Å². The molecule has 0 bridgehead atoms. The second-order valence-corrected chi connectivity index (χ2v) is 8.32. The van der Waals surface area contributed by atoms with E-state index in [1.807, 2.05) is 6.92 Å². The van der Waals surface area contributed by atoms with Crippen molar-refractivity contribution in [1.29, 1.82) is 0 Å². The summed E-state index contributed by atoms with van der Waals surface area (Å²) in [4.78, 5) is 13.4. The average molecular weight is 547 g/mol. The number of primary amides is 1. The van der Waals surface area contributed by atoms with E-state index in [-0.39, 0.29) is 31.2 Å². The van der Waals surface area contributed by atoms with Gasteiger partial charge in [-0.25, -0.2) is 8.78 Å². The van der Waals surface area contributed by atoms with Crippen molar-refractivity contribution in [3.63, 3.8) is 0 Å². The van der Waals surface area contributed by atoms with Crippen LogP contribution in [0.2, 0.25) is 0 Å². The first kappa shape index (κ1) is 33.8. The molecule has 210 valence electrons.